The fourth-order valence-electron chi connectivity index (χ4n) is 3.11. The smallest absolute Gasteiger partial charge is 0.288 e. The summed E-state index contributed by atoms with van der Waals surface area (Å²) in [6.07, 6.45) is 2.45. The molecule has 3 fully saturated rings. The van der Waals surface area contributed by atoms with Crippen LogP contribution < -0.4 is 5.32 Å². The highest BCUT2D eigenvalue weighted by atomic mass is 32.2. The summed E-state index contributed by atoms with van der Waals surface area (Å²) < 4.78 is 25.1. The number of anilines is 1. The van der Waals surface area contributed by atoms with Crippen LogP contribution >= 0.6 is 11.8 Å². The first kappa shape index (κ1) is 13.2. The number of para-hydroxylation sites is 1. The number of benzene rings is 1. The van der Waals surface area contributed by atoms with Crippen molar-refractivity contribution < 1.29 is 8.78 Å². The van der Waals surface area contributed by atoms with E-state index in [0.29, 0.717) is 28.6 Å². The standard InChI is InChI=1S/C14H18F2N2S/c15-14(16)19-13-4-2-1-3-11(13)17-12-9-18-7-5-10(12)6-8-18/h1-4,10,12,14,17H,5-9H2. The Balaban J connectivity index is 1.72. The van der Waals surface area contributed by atoms with E-state index in [0.717, 1.165) is 12.2 Å². The largest absolute Gasteiger partial charge is 0.380 e. The van der Waals surface area contributed by atoms with E-state index in [1.165, 1.54) is 25.9 Å². The van der Waals surface area contributed by atoms with E-state index in [1.54, 1.807) is 6.07 Å². The molecule has 3 aliphatic heterocycles. The normalized spacial score (nSPS) is 29.7. The fraction of sp³-hybridized carbons (Fsp3) is 0.571. The lowest BCUT2D eigenvalue weighted by molar-refractivity contribution is 0.0974. The Bertz CT molecular complexity index is 433. The number of halogens is 2. The molecular weight excluding hydrogens is 266 g/mol. The highest BCUT2D eigenvalue weighted by molar-refractivity contribution is 7.99. The third kappa shape index (κ3) is 3.03. The maximum Gasteiger partial charge on any atom is 0.288 e. The molecule has 19 heavy (non-hydrogen) atoms. The summed E-state index contributed by atoms with van der Waals surface area (Å²) >= 11 is 0.624. The second-order valence-electron chi connectivity index (χ2n) is 5.26. The zero-order valence-electron chi connectivity index (χ0n) is 10.7. The molecule has 3 saturated heterocycles. The first-order valence-electron chi connectivity index (χ1n) is 6.75. The van der Waals surface area contributed by atoms with Gasteiger partial charge in [0.15, 0.2) is 0 Å². The lowest BCUT2D eigenvalue weighted by Gasteiger charge is -2.45. The minimum Gasteiger partial charge on any atom is -0.380 e. The maximum atomic E-state index is 12.6. The quantitative estimate of drug-likeness (QED) is 0.852. The first-order valence-corrected chi connectivity index (χ1v) is 7.63. The second kappa shape index (κ2) is 5.67. The number of rotatable bonds is 4. The molecule has 1 N–H and O–H groups in total. The molecule has 104 valence electrons. The molecule has 0 aliphatic carbocycles. The number of hydrogen-bond donors (Lipinski definition) is 1. The van der Waals surface area contributed by atoms with Gasteiger partial charge in [-0.25, -0.2) is 0 Å². The maximum absolute atomic E-state index is 12.6. The highest BCUT2D eigenvalue weighted by Crippen LogP contribution is 2.35. The van der Waals surface area contributed by atoms with Crippen LogP contribution in [0.1, 0.15) is 12.8 Å². The van der Waals surface area contributed by atoms with E-state index in [9.17, 15) is 8.78 Å². The van der Waals surface area contributed by atoms with Crippen molar-refractivity contribution in [3.8, 4) is 0 Å². The van der Waals surface area contributed by atoms with Gasteiger partial charge in [0.25, 0.3) is 5.76 Å². The topological polar surface area (TPSA) is 15.3 Å². The van der Waals surface area contributed by atoms with Crippen LogP contribution in [0.15, 0.2) is 29.2 Å². The number of alkyl halides is 2. The first-order chi connectivity index (χ1) is 9.22. The van der Waals surface area contributed by atoms with Crippen molar-refractivity contribution in [1.29, 1.82) is 0 Å². The third-order valence-corrected chi connectivity index (χ3v) is 4.89. The number of hydrogen-bond acceptors (Lipinski definition) is 3. The Morgan fingerprint density at radius 2 is 1.95 bits per heavy atom. The molecule has 0 amide bonds. The monoisotopic (exact) mass is 284 g/mol. The SMILES string of the molecule is FC(F)Sc1ccccc1NC1CN2CCC1CC2. The fourth-order valence-corrected chi connectivity index (χ4v) is 3.72. The summed E-state index contributed by atoms with van der Waals surface area (Å²) in [7, 11) is 0. The lowest BCUT2D eigenvalue weighted by atomic mass is 9.84. The number of piperidine rings is 3. The van der Waals surface area contributed by atoms with Crippen molar-refractivity contribution >= 4 is 17.4 Å². The predicted molar refractivity (Wildman–Crippen MR) is 74.9 cm³/mol. The van der Waals surface area contributed by atoms with Gasteiger partial charge in [0.2, 0.25) is 0 Å². The summed E-state index contributed by atoms with van der Waals surface area (Å²) in [5.41, 5.74) is 0.853. The molecule has 0 spiro atoms. The molecule has 1 atom stereocenters. The third-order valence-electron chi connectivity index (χ3n) is 4.10. The molecule has 1 aromatic rings. The van der Waals surface area contributed by atoms with Gasteiger partial charge in [-0.1, -0.05) is 23.9 Å². The highest BCUT2D eigenvalue weighted by Gasteiger charge is 2.34. The van der Waals surface area contributed by atoms with Crippen LogP contribution in [-0.4, -0.2) is 36.3 Å². The van der Waals surface area contributed by atoms with Gasteiger partial charge in [-0.05, 0) is 44.0 Å². The minimum atomic E-state index is -2.37. The van der Waals surface area contributed by atoms with Crippen LogP contribution in [0, 0.1) is 5.92 Å². The van der Waals surface area contributed by atoms with Gasteiger partial charge < -0.3 is 10.2 Å². The Kier molecular flexibility index (Phi) is 3.93. The van der Waals surface area contributed by atoms with Crippen molar-refractivity contribution in [3.63, 3.8) is 0 Å². The molecule has 1 aromatic carbocycles. The molecule has 3 heterocycles. The van der Waals surface area contributed by atoms with Crippen LogP contribution in [0.5, 0.6) is 0 Å². The molecule has 0 radical (unpaired) electrons. The Morgan fingerprint density at radius 3 is 2.58 bits per heavy atom. The molecule has 2 bridgehead atoms. The number of nitrogens with one attached hydrogen (secondary N) is 1. The van der Waals surface area contributed by atoms with Gasteiger partial charge in [0.05, 0.1) is 0 Å². The van der Waals surface area contributed by atoms with E-state index < -0.39 is 5.76 Å². The summed E-state index contributed by atoms with van der Waals surface area (Å²) in [6, 6.07) is 7.79. The van der Waals surface area contributed by atoms with E-state index in [4.69, 9.17) is 0 Å². The molecule has 0 saturated carbocycles. The summed E-state index contributed by atoms with van der Waals surface area (Å²) in [6.45, 7) is 3.42. The average molecular weight is 284 g/mol. The summed E-state index contributed by atoms with van der Waals surface area (Å²) in [5, 5.41) is 3.49. The number of thioether (sulfide) groups is 1. The Labute approximate surface area is 116 Å². The van der Waals surface area contributed by atoms with Gasteiger partial charge in [0, 0.05) is 23.2 Å². The molecule has 4 rings (SSSR count). The molecule has 2 nitrogen and oxygen atoms in total. The van der Waals surface area contributed by atoms with E-state index in [1.807, 2.05) is 18.2 Å². The molecule has 1 unspecified atom stereocenters. The van der Waals surface area contributed by atoms with Crippen LogP contribution in [0.4, 0.5) is 14.5 Å². The zero-order chi connectivity index (χ0) is 13.2. The minimum absolute atomic E-state index is 0.405. The molecule has 5 heteroatoms. The van der Waals surface area contributed by atoms with Crippen molar-refractivity contribution in [3.05, 3.63) is 24.3 Å². The van der Waals surface area contributed by atoms with E-state index in [2.05, 4.69) is 10.2 Å². The molecule has 0 aromatic heterocycles. The van der Waals surface area contributed by atoms with E-state index >= 15 is 0 Å². The Morgan fingerprint density at radius 1 is 1.21 bits per heavy atom. The molecule has 3 aliphatic rings. The molecular formula is C14H18F2N2S. The van der Waals surface area contributed by atoms with Gasteiger partial charge in [-0.15, -0.1) is 0 Å². The van der Waals surface area contributed by atoms with E-state index in [-0.39, 0.29) is 0 Å². The van der Waals surface area contributed by atoms with Crippen LogP contribution in [0.3, 0.4) is 0 Å². The number of fused-ring (bicyclic) bond motifs is 3. The van der Waals surface area contributed by atoms with Crippen LogP contribution in [0.2, 0.25) is 0 Å². The van der Waals surface area contributed by atoms with Crippen molar-refractivity contribution in [2.24, 2.45) is 5.92 Å². The lowest BCUT2D eigenvalue weighted by Crippen LogP contribution is -2.53. The van der Waals surface area contributed by atoms with Gasteiger partial charge in [0.1, 0.15) is 0 Å². The average Bonchev–Trinajstić information content (AvgIpc) is 2.42. The van der Waals surface area contributed by atoms with Gasteiger partial charge in [-0.2, -0.15) is 8.78 Å². The van der Waals surface area contributed by atoms with Crippen LogP contribution in [0.25, 0.3) is 0 Å². The Hall–Kier alpha value is -0.810. The zero-order valence-corrected chi connectivity index (χ0v) is 11.5. The van der Waals surface area contributed by atoms with Gasteiger partial charge in [-0.3, -0.25) is 0 Å². The number of nitrogens with zero attached hydrogens (tertiary/aromatic N) is 1. The van der Waals surface area contributed by atoms with Crippen molar-refractivity contribution in [2.75, 3.05) is 25.0 Å². The second-order valence-corrected chi connectivity index (χ2v) is 6.30. The predicted octanol–water partition coefficient (Wildman–Crippen LogP) is 3.51. The van der Waals surface area contributed by atoms with Crippen molar-refractivity contribution in [1.82, 2.24) is 4.90 Å². The van der Waals surface area contributed by atoms with Crippen molar-refractivity contribution in [2.45, 2.75) is 29.5 Å². The summed E-state index contributed by atoms with van der Waals surface area (Å²) in [4.78, 5) is 3.11. The van der Waals surface area contributed by atoms with Crippen LogP contribution in [-0.2, 0) is 0 Å². The van der Waals surface area contributed by atoms with Gasteiger partial charge >= 0.3 is 0 Å². The summed E-state index contributed by atoms with van der Waals surface area (Å²) in [5.74, 6) is -1.68.